The van der Waals surface area contributed by atoms with Crippen LogP contribution in [0.2, 0.25) is 5.02 Å². The maximum atomic E-state index is 12.3. The maximum absolute atomic E-state index is 12.3. The molecule has 6 heteroatoms. The Labute approximate surface area is 154 Å². The van der Waals surface area contributed by atoms with Crippen molar-refractivity contribution in [2.24, 2.45) is 5.92 Å². The minimum absolute atomic E-state index is 0.0604. The maximum Gasteiger partial charge on any atom is 0.238 e. The zero-order valence-electron chi connectivity index (χ0n) is 14.9. The number of piperidine rings is 1. The molecule has 0 spiro atoms. The van der Waals surface area contributed by atoms with Crippen LogP contribution in [0.25, 0.3) is 0 Å². The van der Waals surface area contributed by atoms with Crippen molar-refractivity contribution in [3.63, 3.8) is 0 Å². The van der Waals surface area contributed by atoms with Crippen LogP contribution in [0.3, 0.4) is 0 Å². The summed E-state index contributed by atoms with van der Waals surface area (Å²) in [5, 5.41) is 6.58. The molecule has 3 rings (SSSR count). The first-order valence-corrected chi connectivity index (χ1v) is 9.39. The summed E-state index contributed by atoms with van der Waals surface area (Å²) in [6.07, 6.45) is 3.86. The van der Waals surface area contributed by atoms with Crippen molar-refractivity contribution in [2.75, 3.05) is 25.0 Å². The molecule has 2 fully saturated rings. The fourth-order valence-corrected chi connectivity index (χ4v) is 3.72. The van der Waals surface area contributed by atoms with Crippen molar-refractivity contribution >= 4 is 29.1 Å². The molecule has 1 aliphatic heterocycles. The number of amides is 2. The molecule has 25 heavy (non-hydrogen) atoms. The van der Waals surface area contributed by atoms with E-state index in [0.717, 1.165) is 49.9 Å². The average molecular weight is 364 g/mol. The zero-order valence-corrected chi connectivity index (χ0v) is 15.7. The molecule has 0 radical (unpaired) electrons. The van der Waals surface area contributed by atoms with E-state index in [4.69, 9.17) is 11.6 Å². The Balaban J connectivity index is 1.47. The number of nitrogens with one attached hydrogen (secondary N) is 2. The summed E-state index contributed by atoms with van der Waals surface area (Å²) < 4.78 is 0. The van der Waals surface area contributed by atoms with Gasteiger partial charge in [-0.1, -0.05) is 17.7 Å². The summed E-state index contributed by atoms with van der Waals surface area (Å²) in [5.41, 5.74) is 2.73. The van der Waals surface area contributed by atoms with E-state index in [1.807, 2.05) is 26.0 Å². The topological polar surface area (TPSA) is 61.4 Å². The number of carbonyl (C=O) groups excluding carboxylic acids is 2. The van der Waals surface area contributed by atoms with Gasteiger partial charge in [0, 0.05) is 12.0 Å². The number of hydrogen-bond donors (Lipinski definition) is 2. The van der Waals surface area contributed by atoms with Crippen LogP contribution in [0.4, 0.5) is 5.69 Å². The van der Waals surface area contributed by atoms with E-state index >= 15 is 0 Å². The van der Waals surface area contributed by atoms with Gasteiger partial charge in [0.25, 0.3) is 0 Å². The molecule has 0 aromatic heterocycles. The SMILES string of the molecule is Cc1cc(C)c(NC(=O)CN2CCC(C(=O)NC3CC3)CC2)c(Cl)c1. The Morgan fingerprint density at radius 1 is 1.16 bits per heavy atom. The average Bonchev–Trinajstić information content (AvgIpc) is 3.35. The summed E-state index contributed by atoms with van der Waals surface area (Å²) in [7, 11) is 0. The number of aryl methyl sites for hydroxylation is 2. The van der Waals surface area contributed by atoms with Gasteiger partial charge in [0.05, 0.1) is 17.3 Å². The van der Waals surface area contributed by atoms with Crippen molar-refractivity contribution in [3.05, 3.63) is 28.3 Å². The Hall–Kier alpha value is -1.59. The first kappa shape index (κ1) is 18.2. The molecule has 0 unspecified atom stereocenters. The number of anilines is 1. The van der Waals surface area contributed by atoms with Gasteiger partial charge in [-0.15, -0.1) is 0 Å². The van der Waals surface area contributed by atoms with Crippen molar-refractivity contribution in [2.45, 2.75) is 45.6 Å². The highest BCUT2D eigenvalue weighted by molar-refractivity contribution is 6.34. The fraction of sp³-hybridized carbons (Fsp3) is 0.579. The minimum Gasteiger partial charge on any atom is -0.353 e. The second-order valence-corrected chi connectivity index (χ2v) is 7.73. The van der Waals surface area contributed by atoms with Gasteiger partial charge in [0.1, 0.15) is 0 Å². The van der Waals surface area contributed by atoms with Gasteiger partial charge in [0.2, 0.25) is 11.8 Å². The fourth-order valence-electron chi connectivity index (χ4n) is 3.36. The van der Waals surface area contributed by atoms with Crippen LogP contribution >= 0.6 is 11.6 Å². The zero-order chi connectivity index (χ0) is 18.0. The van der Waals surface area contributed by atoms with Crippen LogP contribution in [0.1, 0.15) is 36.8 Å². The molecule has 1 heterocycles. The van der Waals surface area contributed by atoms with Gasteiger partial charge < -0.3 is 10.6 Å². The molecule has 5 nitrogen and oxygen atoms in total. The second kappa shape index (κ2) is 7.75. The largest absolute Gasteiger partial charge is 0.353 e. The molecule has 0 bridgehead atoms. The van der Waals surface area contributed by atoms with Crippen molar-refractivity contribution in [3.8, 4) is 0 Å². The number of carbonyl (C=O) groups is 2. The molecule has 1 aromatic carbocycles. The lowest BCUT2D eigenvalue weighted by Crippen LogP contribution is -2.43. The van der Waals surface area contributed by atoms with Crippen LogP contribution in [-0.2, 0) is 9.59 Å². The number of hydrogen-bond acceptors (Lipinski definition) is 3. The summed E-state index contributed by atoms with van der Waals surface area (Å²) in [5.74, 6) is 0.220. The highest BCUT2D eigenvalue weighted by Gasteiger charge is 2.30. The number of benzene rings is 1. The van der Waals surface area contributed by atoms with E-state index in [1.54, 1.807) is 0 Å². The quantitative estimate of drug-likeness (QED) is 0.845. The van der Waals surface area contributed by atoms with Crippen LogP contribution in [-0.4, -0.2) is 42.4 Å². The lowest BCUT2D eigenvalue weighted by Gasteiger charge is -2.30. The summed E-state index contributed by atoms with van der Waals surface area (Å²) in [6, 6.07) is 4.28. The first-order valence-electron chi connectivity index (χ1n) is 9.01. The molecule has 2 aliphatic rings. The van der Waals surface area contributed by atoms with E-state index in [0.29, 0.717) is 23.3 Å². The van der Waals surface area contributed by atoms with Crippen LogP contribution < -0.4 is 10.6 Å². The van der Waals surface area contributed by atoms with Gasteiger partial charge in [-0.25, -0.2) is 0 Å². The monoisotopic (exact) mass is 363 g/mol. The number of rotatable bonds is 5. The van der Waals surface area contributed by atoms with Crippen LogP contribution in [0.15, 0.2) is 12.1 Å². The van der Waals surface area contributed by atoms with Gasteiger partial charge >= 0.3 is 0 Å². The molecule has 2 N–H and O–H groups in total. The highest BCUT2D eigenvalue weighted by atomic mass is 35.5. The summed E-state index contributed by atoms with van der Waals surface area (Å²) in [6.45, 7) is 5.81. The van der Waals surface area contributed by atoms with Crippen LogP contribution in [0, 0.1) is 19.8 Å². The second-order valence-electron chi connectivity index (χ2n) is 7.32. The Kier molecular flexibility index (Phi) is 5.64. The normalized spacial score (nSPS) is 18.8. The lowest BCUT2D eigenvalue weighted by atomic mass is 9.96. The lowest BCUT2D eigenvalue weighted by molar-refractivity contribution is -0.126. The van der Waals surface area contributed by atoms with Gasteiger partial charge in [-0.3, -0.25) is 14.5 Å². The Morgan fingerprint density at radius 2 is 1.84 bits per heavy atom. The smallest absolute Gasteiger partial charge is 0.238 e. The first-order chi connectivity index (χ1) is 11.9. The molecular formula is C19H26ClN3O2. The molecule has 2 amide bonds. The molecule has 0 atom stereocenters. The summed E-state index contributed by atoms with van der Waals surface area (Å²) >= 11 is 6.25. The third-order valence-electron chi connectivity index (χ3n) is 4.95. The number of nitrogens with zero attached hydrogens (tertiary/aromatic N) is 1. The van der Waals surface area contributed by atoms with E-state index in [9.17, 15) is 9.59 Å². The van der Waals surface area contributed by atoms with E-state index in [2.05, 4.69) is 15.5 Å². The van der Waals surface area contributed by atoms with Crippen LogP contribution in [0.5, 0.6) is 0 Å². The summed E-state index contributed by atoms with van der Waals surface area (Å²) in [4.78, 5) is 26.6. The third-order valence-corrected chi connectivity index (χ3v) is 5.24. The molecule has 136 valence electrons. The third kappa shape index (κ3) is 4.95. The molecule has 1 aliphatic carbocycles. The van der Waals surface area contributed by atoms with E-state index in [1.165, 1.54) is 0 Å². The Bertz CT molecular complexity index is 642. The van der Waals surface area contributed by atoms with Crippen molar-refractivity contribution < 1.29 is 9.59 Å². The Morgan fingerprint density at radius 3 is 2.44 bits per heavy atom. The molecular weight excluding hydrogens is 338 g/mol. The molecule has 1 saturated heterocycles. The standard InChI is InChI=1S/C19H26ClN3O2/c1-12-9-13(2)18(16(20)10-12)22-17(24)11-23-7-5-14(6-8-23)19(25)21-15-3-4-15/h9-10,14-15H,3-8,11H2,1-2H3,(H,21,25)(H,22,24). The van der Waals surface area contributed by atoms with E-state index < -0.39 is 0 Å². The molecule has 1 aromatic rings. The predicted molar refractivity (Wildman–Crippen MR) is 99.9 cm³/mol. The van der Waals surface area contributed by atoms with Crippen molar-refractivity contribution in [1.82, 2.24) is 10.2 Å². The van der Waals surface area contributed by atoms with Crippen molar-refractivity contribution in [1.29, 1.82) is 0 Å². The minimum atomic E-state index is -0.0604. The van der Waals surface area contributed by atoms with E-state index in [-0.39, 0.29) is 17.7 Å². The van der Waals surface area contributed by atoms with Gasteiger partial charge in [-0.05, 0) is 69.8 Å². The predicted octanol–water partition coefficient (Wildman–Crippen LogP) is 2.89. The number of halogens is 1. The van der Waals surface area contributed by atoms with Gasteiger partial charge in [-0.2, -0.15) is 0 Å². The highest BCUT2D eigenvalue weighted by Crippen LogP contribution is 2.27. The van der Waals surface area contributed by atoms with Gasteiger partial charge in [0.15, 0.2) is 0 Å². The molecule has 1 saturated carbocycles. The number of likely N-dealkylation sites (tertiary alicyclic amines) is 1.